The standard InChI is InChI=1S/C18H14F2N2O8/c1-27-14-5-10(12(22(25)26)6-15(14)30-18(19)20)7-29-17(24)9-2-3-11-13(4-9)28-8-16(23)21-11/h2-6,18H,7-8H2,1H3,(H,21,23). The third kappa shape index (κ3) is 4.54. The maximum atomic E-state index is 12.5. The van der Waals surface area contributed by atoms with Crippen molar-refractivity contribution < 1.29 is 42.2 Å². The average molecular weight is 424 g/mol. The summed E-state index contributed by atoms with van der Waals surface area (Å²) in [5, 5.41) is 13.9. The van der Waals surface area contributed by atoms with Crippen LogP contribution in [0.1, 0.15) is 15.9 Å². The molecule has 3 rings (SSSR count). The highest BCUT2D eigenvalue weighted by molar-refractivity contribution is 5.97. The van der Waals surface area contributed by atoms with Crippen LogP contribution in [0.5, 0.6) is 17.2 Å². The van der Waals surface area contributed by atoms with Gasteiger partial charge in [-0.05, 0) is 24.3 Å². The molecule has 0 radical (unpaired) electrons. The second-order valence-electron chi connectivity index (χ2n) is 5.89. The number of rotatable bonds is 7. The largest absolute Gasteiger partial charge is 0.493 e. The van der Waals surface area contributed by atoms with Gasteiger partial charge in [-0.25, -0.2) is 4.79 Å². The van der Waals surface area contributed by atoms with Crippen LogP contribution in [0.15, 0.2) is 30.3 Å². The Morgan fingerprint density at radius 3 is 2.73 bits per heavy atom. The van der Waals surface area contributed by atoms with Crippen molar-refractivity contribution in [2.24, 2.45) is 0 Å². The monoisotopic (exact) mass is 424 g/mol. The van der Waals surface area contributed by atoms with Gasteiger partial charge in [0.1, 0.15) is 12.4 Å². The summed E-state index contributed by atoms with van der Waals surface area (Å²) < 4.78 is 44.5. The molecular formula is C18H14F2N2O8. The number of benzene rings is 2. The van der Waals surface area contributed by atoms with Crippen LogP contribution in [0.25, 0.3) is 0 Å². The molecule has 0 aliphatic carbocycles. The lowest BCUT2D eigenvalue weighted by Gasteiger charge is -2.18. The fourth-order valence-electron chi connectivity index (χ4n) is 2.65. The van der Waals surface area contributed by atoms with E-state index >= 15 is 0 Å². The highest BCUT2D eigenvalue weighted by atomic mass is 19.3. The van der Waals surface area contributed by atoms with Crippen LogP contribution in [-0.4, -0.2) is 37.1 Å². The molecule has 12 heteroatoms. The van der Waals surface area contributed by atoms with Crippen LogP contribution in [0.4, 0.5) is 20.2 Å². The number of halogens is 2. The van der Waals surface area contributed by atoms with Gasteiger partial charge < -0.3 is 24.3 Å². The summed E-state index contributed by atoms with van der Waals surface area (Å²) in [6, 6.07) is 6.03. The minimum absolute atomic E-state index is 0.0807. The molecule has 1 aliphatic heterocycles. The second-order valence-corrected chi connectivity index (χ2v) is 5.89. The van der Waals surface area contributed by atoms with Gasteiger partial charge in [0.05, 0.1) is 34.9 Å². The van der Waals surface area contributed by atoms with Crippen LogP contribution < -0.4 is 19.5 Å². The molecule has 1 N–H and O–H groups in total. The van der Waals surface area contributed by atoms with Gasteiger partial charge in [-0.15, -0.1) is 0 Å². The van der Waals surface area contributed by atoms with Gasteiger partial charge in [0.2, 0.25) is 0 Å². The summed E-state index contributed by atoms with van der Waals surface area (Å²) in [6.45, 7) is -3.95. The Labute approximate surface area is 167 Å². The number of carbonyl (C=O) groups excluding carboxylic acids is 2. The minimum Gasteiger partial charge on any atom is -0.493 e. The number of hydrogen-bond donors (Lipinski definition) is 1. The van der Waals surface area contributed by atoms with Gasteiger partial charge in [-0.1, -0.05) is 0 Å². The number of methoxy groups -OCH3 is 1. The summed E-state index contributed by atoms with van der Waals surface area (Å²) >= 11 is 0. The summed E-state index contributed by atoms with van der Waals surface area (Å²) in [4.78, 5) is 34.1. The van der Waals surface area contributed by atoms with E-state index in [0.717, 1.165) is 12.1 Å². The Morgan fingerprint density at radius 2 is 2.07 bits per heavy atom. The van der Waals surface area contributed by atoms with Gasteiger partial charge in [0, 0.05) is 0 Å². The molecule has 0 saturated carbocycles. The molecule has 10 nitrogen and oxygen atoms in total. The molecule has 0 aromatic heterocycles. The third-order valence-corrected chi connectivity index (χ3v) is 3.99. The van der Waals surface area contributed by atoms with Crippen molar-refractivity contribution in [3.05, 3.63) is 51.6 Å². The van der Waals surface area contributed by atoms with E-state index < -0.39 is 35.5 Å². The Bertz CT molecular complexity index is 1010. The van der Waals surface area contributed by atoms with Gasteiger partial charge in [0.15, 0.2) is 18.1 Å². The number of carbonyl (C=O) groups is 2. The summed E-state index contributed by atoms with van der Waals surface area (Å²) in [6.07, 6.45) is 0. The fourth-order valence-corrected chi connectivity index (χ4v) is 2.65. The molecule has 2 aromatic rings. The Kier molecular flexibility index (Phi) is 5.95. The van der Waals surface area contributed by atoms with Crippen LogP contribution in [-0.2, 0) is 16.1 Å². The van der Waals surface area contributed by atoms with Crippen molar-refractivity contribution in [3.63, 3.8) is 0 Å². The number of nitrogens with one attached hydrogen (secondary N) is 1. The first kappa shape index (κ1) is 20.8. The van der Waals surface area contributed by atoms with E-state index in [1.54, 1.807) is 0 Å². The fraction of sp³-hybridized carbons (Fsp3) is 0.222. The maximum Gasteiger partial charge on any atom is 0.387 e. The van der Waals surface area contributed by atoms with Crippen molar-refractivity contribution in [2.75, 3.05) is 19.0 Å². The minimum atomic E-state index is -3.21. The van der Waals surface area contributed by atoms with E-state index in [-0.39, 0.29) is 35.1 Å². The Balaban J connectivity index is 1.80. The molecule has 0 bridgehead atoms. The number of hydrogen-bond acceptors (Lipinski definition) is 8. The van der Waals surface area contributed by atoms with E-state index in [1.165, 1.54) is 25.3 Å². The van der Waals surface area contributed by atoms with Crippen LogP contribution in [0.3, 0.4) is 0 Å². The SMILES string of the molecule is COc1cc(COC(=O)c2ccc3c(c2)OCC(=O)N3)c([N+](=O)[O-])cc1OC(F)F. The zero-order valence-corrected chi connectivity index (χ0v) is 15.3. The summed E-state index contributed by atoms with van der Waals surface area (Å²) in [5.74, 6) is -1.60. The molecule has 1 aliphatic rings. The van der Waals surface area contributed by atoms with Crippen LogP contribution in [0, 0.1) is 10.1 Å². The van der Waals surface area contributed by atoms with Crippen molar-refractivity contribution in [1.29, 1.82) is 0 Å². The molecule has 0 atom stereocenters. The second kappa shape index (κ2) is 8.59. The molecule has 0 spiro atoms. The van der Waals surface area contributed by atoms with Crippen molar-refractivity contribution in [3.8, 4) is 17.2 Å². The molecule has 2 aromatic carbocycles. The first-order chi connectivity index (χ1) is 14.3. The van der Waals surface area contributed by atoms with E-state index in [1.807, 2.05) is 0 Å². The highest BCUT2D eigenvalue weighted by Gasteiger charge is 2.23. The Hall–Kier alpha value is -3.96. The number of fused-ring (bicyclic) bond motifs is 1. The van der Waals surface area contributed by atoms with Gasteiger partial charge >= 0.3 is 12.6 Å². The number of amides is 1. The van der Waals surface area contributed by atoms with E-state index in [4.69, 9.17) is 14.2 Å². The van der Waals surface area contributed by atoms with Gasteiger partial charge in [-0.3, -0.25) is 14.9 Å². The number of anilines is 1. The third-order valence-electron chi connectivity index (χ3n) is 3.99. The molecule has 1 amide bonds. The smallest absolute Gasteiger partial charge is 0.387 e. The highest BCUT2D eigenvalue weighted by Crippen LogP contribution is 2.36. The normalized spacial score (nSPS) is 12.5. The quantitative estimate of drug-likeness (QED) is 0.408. The predicted molar refractivity (Wildman–Crippen MR) is 96.0 cm³/mol. The molecule has 30 heavy (non-hydrogen) atoms. The lowest BCUT2D eigenvalue weighted by Crippen LogP contribution is -2.25. The lowest BCUT2D eigenvalue weighted by molar-refractivity contribution is -0.386. The molecule has 0 saturated heterocycles. The zero-order valence-electron chi connectivity index (χ0n) is 15.3. The van der Waals surface area contributed by atoms with Crippen LogP contribution >= 0.6 is 0 Å². The summed E-state index contributed by atoms with van der Waals surface area (Å²) in [7, 11) is 1.17. The van der Waals surface area contributed by atoms with Crippen molar-refractivity contribution >= 4 is 23.3 Å². The predicted octanol–water partition coefficient (Wildman–Crippen LogP) is 2.89. The maximum absolute atomic E-state index is 12.5. The number of nitro groups is 1. The first-order valence-electron chi connectivity index (χ1n) is 8.32. The van der Waals surface area contributed by atoms with E-state index in [9.17, 15) is 28.5 Å². The number of alkyl halides is 2. The number of esters is 1. The molecule has 158 valence electrons. The number of nitro benzene ring substituents is 1. The topological polar surface area (TPSA) is 126 Å². The van der Waals surface area contributed by atoms with Crippen LogP contribution in [0.2, 0.25) is 0 Å². The molecule has 0 unspecified atom stereocenters. The van der Waals surface area contributed by atoms with Gasteiger partial charge in [0.25, 0.3) is 11.6 Å². The van der Waals surface area contributed by atoms with Crippen molar-refractivity contribution in [1.82, 2.24) is 0 Å². The number of ether oxygens (including phenoxy) is 4. The molecule has 0 fully saturated rings. The van der Waals surface area contributed by atoms with E-state index in [2.05, 4.69) is 10.1 Å². The first-order valence-corrected chi connectivity index (χ1v) is 8.32. The van der Waals surface area contributed by atoms with E-state index in [0.29, 0.717) is 5.69 Å². The molecular weight excluding hydrogens is 410 g/mol. The summed E-state index contributed by atoms with van der Waals surface area (Å²) in [5.41, 5.74) is -0.209. The van der Waals surface area contributed by atoms with Crippen molar-refractivity contribution in [2.45, 2.75) is 13.2 Å². The van der Waals surface area contributed by atoms with Gasteiger partial charge in [-0.2, -0.15) is 8.78 Å². The molecule has 1 heterocycles. The Morgan fingerprint density at radius 1 is 1.30 bits per heavy atom. The zero-order chi connectivity index (χ0) is 21.8. The average Bonchev–Trinajstić information content (AvgIpc) is 2.71. The lowest BCUT2D eigenvalue weighted by atomic mass is 10.1. The number of nitrogens with zero attached hydrogens (tertiary/aromatic N) is 1.